The normalized spacial score (nSPS) is 10.6. The summed E-state index contributed by atoms with van der Waals surface area (Å²) >= 11 is 0. The van der Waals surface area contributed by atoms with Gasteiger partial charge in [0.25, 0.3) is 0 Å². The third-order valence-corrected chi connectivity index (χ3v) is 3.22. The maximum Gasteiger partial charge on any atom is 0.323 e. The predicted octanol–water partition coefficient (Wildman–Crippen LogP) is 3.59. The molecule has 2 amide bonds. The highest BCUT2D eigenvalue weighted by Gasteiger charge is 2.10. The standard InChI is InChI=1S/C16H10F3N3O2/c17-9-2-3-13(11(18)6-9)21-16(24)20-10-5-8-1-4-14(23)22-15(8)12(19)7-10/h1-7H,(H,22,23)(H2,20,21,24). The van der Waals surface area contributed by atoms with E-state index < -0.39 is 29.0 Å². The average molecular weight is 333 g/mol. The molecule has 1 aromatic heterocycles. The molecule has 3 aromatic rings. The highest BCUT2D eigenvalue weighted by molar-refractivity contribution is 6.01. The Kier molecular flexibility index (Phi) is 3.95. The van der Waals surface area contributed by atoms with Crippen molar-refractivity contribution in [1.82, 2.24) is 4.98 Å². The van der Waals surface area contributed by atoms with Gasteiger partial charge in [0.05, 0.1) is 11.2 Å². The molecule has 0 atom stereocenters. The summed E-state index contributed by atoms with van der Waals surface area (Å²) in [7, 11) is 0. The van der Waals surface area contributed by atoms with Gasteiger partial charge in [-0.3, -0.25) is 4.79 Å². The molecule has 0 aliphatic rings. The zero-order valence-electron chi connectivity index (χ0n) is 12.0. The first-order chi connectivity index (χ1) is 11.4. The number of H-pyrrole nitrogens is 1. The van der Waals surface area contributed by atoms with Gasteiger partial charge in [0.2, 0.25) is 5.56 Å². The molecule has 0 bridgehead atoms. The van der Waals surface area contributed by atoms with Crippen molar-refractivity contribution in [1.29, 1.82) is 0 Å². The van der Waals surface area contributed by atoms with Crippen molar-refractivity contribution in [2.75, 3.05) is 10.6 Å². The number of hydrogen-bond donors (Lipinski definition) is 3. The van der Waals surface area contributed by atoms with Gasteiger partial charge in [0, 0.05) is 23.2 Å². The minimum Gasteiger partial charge on any atom is -0.319 e. The first-order valence-electron chi connectivity index (χ1n) is 6.78. The van der Waals surface area contributed by atoms with Crippen LogP contribution in [-0.4, -0.2) is 11.0 Å². The molecule has 0 saturated heterocycles. The van der Waals surface area contributed by atoms with Crippen LogP contribution in [0.25, 0.3) is 10.9 Å². The van der Waals surface area contributed by atoms with Crippen LogP contribution in [-0.2, 0) is 0 Å². The van der Waals surface area contributed by atoms with Gasteiger partial charge in [-0.2, -0.15) is 0 Å². The molecule has 0 aliphatic heterocycles. The fourth-order valence-electron chi connectivity index (χ4n) is 2.17. The largest absolute Gasteiger partial charge is 0.323 e. The summed E-state index contributed by atoms with van der Waals surface area (Å²) in [6.45, 7) is 0. The number of aromatic amines is 1. The zero-order chi connectivity index (χ0) is 17.3. The first kappa shape index (κ1) is 15.6. The molecule has 5 nitrogen and oxygen atoms in total. The molecule has 0 fully saturated rings. The van der Waals surface area contributed by atoms with Crippen LogP contribution in [0, 0.1) is 17.5 Å². The van der Waals surface area contributed by atoms with Gasteiger partial charge < -0.3 is 15.6 Å². The summed E-state index contributed by atoms with van der Waals surface area (Å²) in [5, 5.41) is 4.90. The van der Waals surface area contributed by atoms with Gasteiger partial charge in [0.1, 0.15) is 17.5 Å². The third-order valence-electron chi connectivity index (χ3n) is 3.22. The zero-order valence-corrected chi connectivity index (χ0v) is 12.0. The fraction of sp³-hybridized carbons (Fsp3) is 0. The number of amides is 2. The van der Waals surface area contributed by atoms with Gasteiger partial charge in [-0.1, -0.05) is 0 Å². The quantitative estimate of drug-likeness (QED) is 0.670. The summed E-state index contributed by atoms with van der Waals surface area (Å²) in [5.41, 5.74) is -0.559. The van der Waals surface area contributed by atoms with E-state index in [0.717, 1.165) is 18.2 Å². The van der Waals surface area contributed by atoms with Gasteiger partial charge in [-0.15, -0.1) is 0 Å². The van der Waals surface area contributed by atoms with E-state index in [4.69, 9.17) is 0 Å². The smallest absolute Gasteiger partial charge is 0.319 e. The van der Waals surface area contributed by atoms with Crippen molar-refractivity contribution in [3.63, 3.8) is 0 Å². The number of anilines is 2. The van der Waals surface area contributed by atoms with Crippen LogP contribution in [0.2, 0.25) is 0 Å². The number of rotatable bonds is 2. The number of fused-ring (bicyclic) bond motifs is 1. The van der Waals surface area contributed by atoms with Crippen molar-refractivity contribution in [3.05, 3.63) is 70.3 Å². The maximum absolute atomic E-state index is 14.0. The Morgan fingerprint density at radius 2 is 1.71 bits per heavy atom. The molecular weight excluding hydrogens is 323 g/mol. The first-order valence-corrected chi connectivity index (χ1v) is 6.78. The van der Waals surface area contributed by atoms with Crippen LogP contribution >= 0.6 is 0 Å². The number of urea groups is 1. The van der Waals surface area contributed by atoms with Gasteiger partial charge in [0.15, 0.2) is 0 Å². The number of carbonyl (C=O) groups excluding carboxylic acids is 1. The molecule has 0 aliphatic carbocycles. The van der Waals surface area contributed by atoms with E-state index in [9.17, 15) is 22.8 Å². The number of aromatic nitrogens is 1. The Hall–Kier alpha value is -3.29. The lowest BCUT2D eigenvalue weighted by atomic mass is 10.2. The lowest BCUT2D eigenvalue weighted by Crippen LogP contribution is -2.20. The fourth-order valence-corrected chi connectivity index (χ4v) is 2.17. The van der Waals surface area contributed by atoms with E-state index in [1.165, 1.54) is 18.2 Å². The summed E-state index contributed by atoms with van der Waals surface area (Å²) in [4.78, 5) is 25.4. The SMILES string of the molecule is O=C(Nc1cc(F)c2[nH]c(=O)ccc2c1)Nc1ccc(F)cc1F. The molecule has 0 radical (unpaired) electrons. The molecule has 2 aromatic carbocycles. The van der Waals surface area contributed by atoms with E-state index in [1.54, 1.807) is 0 Å². The molecule has 1 heterocycles. The number of nitrogens with one attached hydrogen (secondary N) is 3. The second-order valence-electron chi connectivity index (χ2n) is 4.95. The van der Waals surface area contributed by atoms with Crippen LogP contribution in [0.1, 0.15) is 0 Å². The Balaban J connectivity index is 1.82. The van der Waals surface area contributed by atoms with Gasteiger partial charge in [-0.25, -0.2) is 18.0 Å². The van der Waals surface area contributed by atoms with E-state index in [-0.39, 0.29) is 16.9 Å². The third kappa shape index (κ3) is 3.22. The molecule has 0 saturated carbocycles. The molecule has 122 valence electrons. The molecule has 3 rings (SSSR count). The average Bonchev–Trinajstić information content (AvgIpc) is 2.51. The number of carbonyl (C=O) groups is 1. The highest BCUT2D eigenvalue weighted by atomic mass is 19.1. The number of halogens is 3. The van der Waals surface area contributed by atoms with Crippen molar-refractivity contribution >= 4 is 28.3 Å². The van der Waals surface area contributed by atoms with Gasteiger partial charge in [-0.05, 0) is 30.3 Å². The monoisotopic (exact) mass is 333 g/mol. The van der Waals surface area contributed by atoms with E-state index in [1.807, 2.05) is 0 Å². The van der Waals surface area contributed by atoms with E-state index in [0.29, 0.717) is 11.5 Å². The summed E-state index contributed by atoms with van der Waals surface area (Å²) in [6, 6.07) is 6.93. The minimum atomic E-state index is -0.938. The minimum absolute atomic E-state index is 0.0121. The summed E-state index contributed by atoms with van der Waals surface area (Å²) < 4.78 is 40.3. The summed E-state index contributed by atoms with van der Waals surface area (Å²) in [6.07, 6.45) is 0. The number of pyridine rings is 1. The van der Waals surface area contributed by atoms with Crippen LogP contribution in [0.5, 0.6) is 0 Å². The molecule has 0 spiro atoms. The number of hydrogen-bond acceptors (Lipinski definition) is 2. The number of benzene rings is 2. The van der Waals surface area contributed by atoms with E-state index >= 15 is 0 Å². The van der Waals surface area contributed by atoms with Crippen molar-refractivity contribution in [2.45, 2.75) is 0 Å². The lowest BCUT2D eigenvalue weighted by molar-refractivity contribution is 0.262. The summed E-state index contributed by atoms with van der Waals surface area (Å²) in [5.74, 6) is -2.44. The van der Waals surface area contributed by atoms with Crippen LogP contribution < -0.4 is 16.2 Å². The maximum atomic E-state index is 14.0. The van der Waals surface area contributed by atoms with Gasteiger partial charge >= 0.3 is 6.03 Å². The Labute approximate surface area is 133 Å². The second-order valence-corrected chi connectivity index (χ2v) is 4.95. The molecule has 3 N–H and O–H groups in total. The predicted molar refractivity (Wildman–Crippen MR) is 83.5 cm³/mol. The van der Waals surface area contributed by atoms with Crippen LogP contribution in [0.4, 0.5) is 29.3 Å². The lowest BCUT2D eigenvalue weighted by Gasteiger charge is -2.09. The Morgan fingerprint density at radius 3 is 2.46 bits per heavy atom. The molecule has 0 unspecified atom stereocenters. The molecular formula is C16H10F3N3O2. The van der Waals surface area contributed by atoms with Crippen LogP contribution in [0.3, 0.4) is 0 Å². The van der Waals surface area contributed by atoms with Crippen molar-refractivity contribution < 1.29 is 18.0 Å². The second kappa shape index (κ2) is 6.07. The molecule has 8 heteroatoms. The topological polar surface area (TPSA) is 74.0 Å². The van der Waals surface area contributed by atoms with Crippen molar-refractivity contribution in [2.24, 2.45) is 0 Å². The van der Waals surface area contributed by atoms with Crippen LogP contribution in [0.15, 0.2) is 47.3 Å². The molecule has 24 heavy (non-hydrogen) atoms. The Morgan fingerprint density at radius 1 is 0.917 bits per heavy atom. The Bertz CT molecular complexity index is 1000. The van der Waals surface area contributed by atoms with E-state index in [2.05, 4.69) is 15.6 Å². The van der Waals surface area contributed by atoms with Crippen molar-refractivity contribution in [3.8, 4) is 0 Å². The highest BCUT2D eigenvalue weighted by Crippen LogP contribution is 2.21.